The van der Waals surface area contributed by atoms with Crippen molar-refractivity contribution in [3.8, 4) is 0 Å². The summed E-state index contributed by atoms with van der Waals surface area (Å²) in [6.45, 7) is 4.77. The number of nitrogens with zero attached hydrogens (tertiary/aromatic N) is 1. The molecule has 2 rings (SSSR count). The molecule has 1 aliphatic carbocycles. The summed E-state index contributed by atoms with van der Waals surface area (Å²) in [5, 5.41) is 2.94. The molecule has 0 aromatic rings. The molecule has 1 heterocycles. The monoisotopic (exact) mass is 303 g/mol. The van der Waals surface area contributed by atoms with Crippen molar-refractivity contribution < 1.29 is 9.59 Å². The van der Waals surface area contributed by atoms with E-state index in [1.807, 2.05) is 18.7 Å². The van der Waals surface area contributed by atoms with Gasteiger partial charge in [0.2, 0.25) is 11.8 Å². The molecular formula is C14H26ClN3O2. The molecule has 5 nitrogen and oxygen atoms in total. The van der Waals surface area contributed by atoms with Gasteiger partial charge in [-0.1, -0.05) is 12.8 Å². The van der Waals surface area contributed by atoms with E-state index in [1.54, 1.807) is 0 Å². The highest BCUT2D eigenvalue weighted by Crippen LogP contribution is 2.29. The van der Waals surface area contributed by atoms with Crippen molar-refractivity contribution in [3.63, 3.8) is 0 Å². The minimum atomic E-state index is -0.402. The van der Waals surface area contributed by atoms with E-state index < -0.39 is 5.54 Å². The van der Waals surface area contributed by atoms with Crippen molar-refractivity contribution in [2.45, 2.75) is 57.5 Å². The van der Waals surface area contributed by atoms with Crippen molar-refractivity contribution in [1.82, 2.24) is 10.2 Å². The number of nitrogens with two attached hydrogens (primary N) is 1. The van der Waals surface area contributed by atoms with Crippen LogP contribution >= 0.6 is 12.4 Å². The Bertz CT molecular complexity index is 367. The SMILES string of the molecule is CC(C)(CN)NC(=O)C1CC(=O)N(C2CCCC2)C1.Cl. The first-order valence-electron chi connectivity index (χ1n) is 7.24. The third kappa shape index (κ3) is 3.85. The summed E-state index contributed by atoms with van der Waals surface area (Å²) in [6.07, 6.45) is 4.93. The predicted molar refractivity (Wildman–Crippen MR) is 80.6 cm³/mol. The van der Waals surface area contributed by atoms with Crippen LogP contribution in [0, 0.1) is 5.92 Å². The average molecular weight is 304 g/mol. The lowest BCUT2D eigenvalue weighted by Gasteiger charge is -2.27. The van der Waals surface area contributed by atoms with Gasteiger partial charge < -0.3 is 16.0 Å². The van der Waals surface area contributed by atoms with Gasteiger partial charge in [0.25, 0.3) is 0 Å². The van der Waals surface area contributed by atoms with Crippen LogP contribution in [0.3, 0.4) is 0 Å². The van der Waals surface area contributed by atoms with Crippen LogP contribution in [0.25, 0.3) is 0 Å². The summed E-state index contributed by atoms with van der Waals surface area (Å²) in [7, 11) is 0. The smallest absolute Gasteiger partial charge is 0.225 e. The van der Waals surface area contributed by atoms with E-state index in [0.717, 1.165) is 12.8 Å². The fourth-order valence-electron chi connectivity index (χ4n) is 2.96. The van der Waals surface area contributed by atoms with E-state index in [0.29, 0.717) is 25.6 Å². The number of hydrogen-bond acceptors (Lipinski definition) is 3. The van der Waals surface area contributed by atoms with Crippen molar-refractivity contribution in [3.05, 3.63) is 0 Å². The zero-order valence-corrected chi connectivity index (χ0v) is 13.2. The van der Waals surface area contributed by atoms with Crippen LogP contribution < -0.4 is 11.1 Å². The number of amides is 2. The second kappa shape index (κ2) is 6.76. The minimum absolute atomic E-state index is 0. The molecule has 0 aromatic heterocycles. The fraction of sp³-hybridized carbons (Fsp3) is 0.857. The van der Waals surface area contributed by atoms with Gasteiger partial charge in [0.1, 0.15) is 0 Å². The number of nitrogens with one attached hydrogen (secondary N) is 1. The topological polar surface area (TPSA) is 75.4 Å². The van der Waals surface area contributed by atoms with Gasteiger partial charge in [-0.3, -0.25) is 9.59 Å². The summed E-state index contributed by atoms with van der Waals surface area (Å²) in [5.41, 5.74) is 5.21. The third-order valence-electron chi connectivity index (χ3n) is 4.27. The zero-order valence-electron chi connectivity index (χ0n) is 12.4. The second-order valence-electron chi connectivity index (χ2n) is 6.46. The maximum absolute atomic E-state index is 12.2. The minimum Gasteiger partial charge on any atom is -0.350 e. The quantitative estimate of drug-likeness (QED) is 0.815. The Hall–Kier alpha value is -0.810. The average Bonchev–Trinajstić information content (AvgIpc) is 2.97. The van der Waals surface area contributed by atoms with Gasteiger partial charge in [0.05, 0.1) is 5.92 Å². The maximum Gasteiger partial charge on any atom is 0.225 e. The Morgan fingerprint density at radius 3 is 2.55 bits per heavy atom. The van der Waals surface area contributed by atoms with Crippen LogP contribution in [0.4, 0.5) is 0 Å². The highest BCUT2D eigenvalue weighted by Gasteiger charge is 2.39. The number of carbonyl (C=O) groups is 2. The van der Waals surface area contributed by atoms with Gasteiger partial charge in [-0.15, -0.1) is 12.4 Å². The fourth-order valence-corrected chi connectivity index (χ4v) is 2.96. The molecular weight excluding hydrogens is 278 g/mol. The molecule has 0 radical (unpaired) electrons. The molecule has 1 saturated carbocycles. The first kappa shape index (κ1) is 17.2. The summed E-state index contributed by atoms with van der Waals surface area (Å²) in [6, 6.07) is 0.368. The van der Waals surface area contributed by atoms with E-state index in [4.69, 9.17) is 5.73 Å². The molecule has 0 bridgehead atoms. The van der Waals surface area contributed by atoms with Gasteiger partial charge >= 0.3 is 0 Å². The van der Waals surface area contributed by atoms with Gasteiger partial charge in [0, 0.05) is 31.1 Å². The number of rotatable bonds is 4. The van der Waals surface area contributed by atoms with Gasteiger partial charge in [-0.05, 0) is 26.7 Å². The lowest BCUT2D eigenvalue weighted by atomic mass is 10.0. The summed E-state index contributed by atoms with van der Waals surface area (Å²) in [4.78, 5) is 26.1. The van der Waals surface area contributed by atoms with E-state index in [2.05, 4.69) is 5.32 Å². The molecule has 116 valence electrons. The van der Waals surface area contributed by atoms with Crippen LogP contribution in [0.5, 0.6) is 0 Å². The lowest BCUT2D eigenvalue weighted by molar-refractivity contribution is -0.130. The highest BCUT2D eigenvalue weighted by molar-refractivity contribution is 5.89. The summed E-state index contributed by atoms with van der Waals surface area (Å²) >= 11 is 0. The molecule has 1 atom stereocenters. The van der Waals surface area contributed by atoms with E-state index in [-0.39, 0.29) is 30.1 Å². The molecule has 6 heteroatoms. The molecule has 1 aliphatic heterocycles. The molecule has 0 aromatic carbocycles. The Morgan fingerprint density at radius 1 is 1.40 bits per heavy atom. The number of likely N-dealkylation sites (tertiary alicyclic amines) is 1. The molecule has 20 heavy (non-hydrogen) atoms. The van der Waals surface area contributed by atoms with Crippen LogP contribution in [0.15, 0.2) is 0 Å². The van der Waals surface area contributed by atoms with Crippen LogP contribution in [-0.4, -0.2) is 41.4 Å². The first-order chi connectivity index (χ1) is 8.93. The van der Waals surface area contributed by atoms with E-state index >= 15 is 0 Å². The second-order valence-corrected chi connectivity index (χ2v) is 6.46. The van der Waals surface area contributed by atoms with E-state index in [1.165, 1.54) is 12.8 Å². The lowest BCUT2D eigenvalue weighted by Crippen LogP contribution is -2.51. The van der Waals surface area contributed by atoms with Crippen LogP contribution in [0.2, 0.25) is 0 Å². The molecule has 1 saturated heterocycles. The Kier molecular flexibility index (Phi) is 5.83. The van der Waals surface area contributed by atoms with Crippen molar-refractivity contribution in [1.29, 1.82) is 0 Å². The zero-order chi connectivity index (χ0) is 14.0. The maximum atomic E-state index is 12.2. The standard InChI is InChI=1S/C14H25N3O2.ClH/c1-14(2,9-15)16-13(19)10-7-12(18)17(8-10)11-5-3-4-6-11;/h10-11H,3-9,15H2,1-2H3,(H,16,19);1H. The van der Waals surface area contributed by atoms with Gasteiger partial charge in [-0.25, -0.2) is 0 Å². The molecule has 2 aliphatic rings. The Labute approximate surface area is 127 Å². The summed E-state index contributed by atoms with van der Waals surface area (Å²) in [5.74, 6) is -0.110. The number of hydrogen-bond donors (Lipinski definition) is 2. The predicted octanol–water partition coefficient (Wildman–Crippen LogP) is 1.05. The van der Waals surface area contributed by atoms with Crippen molar-refractivity contribution >= 4 is 24.2 Å². The Balaban J connectivity index is 0.00000200. The van der Waals surface area contributed by atoms with Crippen LogP contribution in [-0.2, 0) is 9.59 Å². The van der Waals surface area contributed by atoms with Gasteiger partial charge in [-0.2, -0.15) is 0 Å². The molecule has 2 amide bonds. The number of halogens is 1. The largest absolute Gasteiger partial charge is 0.350 e. The molecule has 3 N–H and O–H groups in total. The molecule has 2 fully saturated rings. The normalized spacial score (nSPS) is 23.9. The molecule has 1 unspecified atom stereocenters. The summed E-state index contributed by atoms with van der Waals surface area (Å²) < 4.78 is 0. The van der Waals surface area contributed by atoms with Crippen LogP contribution in [0.1, 0.15) is 46.0 Å². The Morgan fingerprint density at radius 2 is 2.00 bits per heavy atom. The van der Waals surface area contributed by atoms with Gasteiger partial charge in [0.15, 0.2) is 0 Å². The van der Waals surface area contributed by atoms with Crippen molar-refractivity contribution in [2.24, 2.45) is 11.7 Å². The van der Waals surface area contributed by atoms with Crippen molar-refractivity contribution in [2.75, 3.05) is 13.1 Å². The molecule has 0 spiro atoms. The third-order valence-corrected chi connectivity index (χ3v) is 4.27. The number of carbonyl (C=O) groups excluding carboxylic acids is 2. The highest BCUT2D eigenvalue weighted by atomic mass is 35.5. The first-order valence-corrected chi connectivity index (χ1v) is 7.24. The van der Waals surface area contributed by atoms with E-state index in [9.17, 15) is 9.59 Å².